The fourth-order valence-corrected chi connectivity index (χ4v) is 4.28. The molecule has 0 saturated carbocycles. The number of carbonyl (C=O) groups excluding carboxylic acids is 3. The van der Waals surface area contributed by atoms with Crippen LogP contribution in [0.4, 0.5) is 0 Å². The van der Waals surface area contributed by atoms with E-state index in [2.05, 4.69) is 20.4 Å². The number of nitrogens with one attached hydrogen (secondary N) is 2. The average molecular weight is 460 g/mol. The lowest BCUT2D eigenvalue weighted by atomic mass is 9.96. The van der Waals surface area contributed by atoms with Gasteiger partial charge in [-0.15, -0.1) is 0 Å². The van der Waals surface area contributed by atoms with Gasteiger partial charge in [0, 0.05) is 37.2 Å². The van der Waals surface area contributed by atoms with Crippen molar-refractivity contribution in [3.05, 3.63) is 71.6 Å². The molecule has 2 aromatic carbocycles. The second kappa shape index (κ2) is 10.3. The van der Waals surface area contributed by atoms with Gasteiger partial charge in [0.1, 0.15) is 5.82 Å². The van der Waals surface area contributed by atoms with Crippen molar-refractivity contribution in [3.63, 3.8) is 0 Å². The molecule has 1 aliphatic heterocycles. The van der Waals surface area contributed by atoms with Crippen molar-refractivity contribution >= 4 is 34.8 Å². The zero-order chi connectivity index (χ0) is 24.1. The molecular formula is C26H29N5O3. The third-order valence-corrected chi connectivity index (χ3v) is 6.21. The number of fused-ring (bicyclic) bond motifs is 1. The summed E-state index contributed by atoms with van der Waals surface area (Å²) in [6.45, 7) is 5.78. The summed E-state index contributed by atoms with van der Waals surface area (Å²) in [5.74, 6) is -0.0613. The van der Waals surface area contributed by atoms with Gasteiger partial charge in [-0.3, -0.25) is 25.2 Å². The molecule has 3 aromatic rings. The first kappa shape index (κ1) is 23.2. The number of amides is 3. The number of carbonyl (C=O) groups is 3. The van der Waals surface area contributed by atoms with Gasteiger partial charge in [-0.25, -0.2) is 4.98 Å². The molecule has 34 heavy (non-hydrogen) atoms. The number of hydrogen-bond acceptors (Lipinski definition) is 4. The minimum absolute atomic E-state index is 0.0628. The highest BCUT2D eigenvalue weighted by Crippen LogP contribution is 2.19. The van der Waals surface area contributed by atoms with E-state index in [1.54, 1.807) is 29.2 Å². The predicted molar refractivity (Wildman–Crippen MR) is 131 cm³/mol. The van der Waals surface area contributed by atoms with E-state index in [0.29, 0.717) is 31.5 Å². The molecule has 8 heteroatoms. The van der Waals surface area contributed by atoms with Gasteiger partial charge < -0.3 is 9.47 Å². The number of aromatic nitrogens is 2. The van der Waals surface area contributed by atoms with Crippen LogP contribution < -0.4 is 10.9 Å². The second-order valence-electron chi connectivity index (χ2n) is 8.39. The Hall–Kier alpha value is -3.94. The third-order valence-electron chi connectivity index (χ3n) is 6.21. The van der Waals surface area contributed by atoms with Gasteiger partial charge in [-0.2, -0.15) is 0 Å². The predicted octanol–water partition coefficient (Wildman–Crippen LogP) is 3.08. The van der Waals surface area contributed by atoms with Gasteiger partial charge in [0.05, 0.1) is 11.0 Å². The van der Waals surface area contributed by atoms with Gasteiger partial charge >= 0.3 is 0 Å². The van der Waals surface area contributed by atoms with E-state index in [4.69, 9.17) is 0 Å². The van der Waals surface area contributed by atoms with Crippen LogP contribution in [-0.4, -0.2) is 45.3 Å². The summed E-state index contributed by atoms with van der Waals surface area (Å²) in [5, 5.41) is 0. The summed E-state index contributed by atoms with van der Waals surface area (Å²) in [6.07, 6.45) is 4.46. The molecule has 2 N–H and O–H groups in total. The summed E-state index contributed by atoms with van der Waals surface area (Å²) in [6, 6.07) is 15.0. The highest BCUT2D eigenvalue weighted by Gasteiger charge is 2.27. The number of likely N-dealkylation sites (tertiary alicyclic amines) is 1. The summed E-state index contributed by atoms with van der Waals surface area (Å²) in [5.41, 5.74) is 8.16. The van der Waals surface area contributed by atoms with Crippen molar-refractivity contribution < 1.29 is 14.4 Å². The first-order valence-corrected chi connectivity index (χ1v) is 11.6. The molecule has 3 amide bonds. The van der Waals surface area contributed by atoms with Gasteiger partial charge in [-0.05, 0) is 56.5 Å². The van der Waals surface area contributed by atoms with Crippen LogP contribution in [-0.2, 0) is 16.1 Å². The summed E-state index contributed by atoms with van der Waals surface area (Å²) >= 11 is 0. The average Bonchev–Trinajstić information content (AvgIpc) is 3.20. The third kappa shape index (κ3) is 5.17. The summed E-state index contributed by atoms with van der Waals surface area (Å²) in [4.78, 5) is 43.8. The molecule has 0 unspecified atom stereocenters. The van der Waals surface area contributed by atoms with E-state index in [-0.39, 0.29) is 17.7 Å². The van der Waals surface area contributed by atoms with E-state index in [1.807, 2.05) is 50.2 Å². The molecule has 1 aliphatic rings. The topological polar surface area (TPSA) is 96.3 Å². The van der Waals surface area contributed by atoms with Crippen LogP contribution in [0.3, 0.4) is 0 Å². The smallest absolute Gasteiger partial charge is 0.269 e. The quantitative estimate of drug-likeness (QED) is 0.453. The molecule has 0 aliphatic carbocycles. The molecule has 0 spiro atoms. The number of piperidine rings is 1. The van der Waals surface area contributed by atoms with Gasteiger partial charge in [0.25, 0.3) is 5.91 Å². The lowest BCUT2D eigenvalue weighted by molar-refractivity contribution is -0.132. The lowest BCUT2D eigenvalue weighted by Gasteiger charge is -2.30. The number of benzene rings is 2. The number of rotatable bonds is 5. The minimum atomic E-state index is -0.391. The van der Waals surface area contributed by atoms with Crippen LogP contribution in [0.15, 0.2) is 54.6 Å². The Kier molecular flexibility index (Phi) is 7.06. The molecule has 1 saturated heterocycles. The number of hydrogen-bond donors (Lipinski definition) is 2. The maximum Gasteiger partial charge on any atom is 0.269 e. The van der Waals surface area contributed by atoms with E-state index in [0.717, 1.165) is 29.0 Å². The molecule has 0 radical (unpaired) electrons. The number of nitrogens with zero attached hydrogens (tertiary/aromatic N) is 3. The molecule has 2 heterocycles. The Morgan fingerprint density at radius 1 is 1.06 bits per heavy atom. The first-order valence-electron chi connectivity index (χ1n) is 11.6. The Labute approximate surface area is 198 Å². The fraction of sp³-hybridized carbons (Fsp3) is 0.308. The molecule has 176 valence electrons. The Morgan fingerprint density at radius 3 is 2.50 bits per heavy atom. The number of imidazole rings is 1. The molecule has 0 bridgehead atoms. The summed E-state index contributed by atoms with van der Waals surface area (Å²) in [7, 11) is 0. The van der Waals surface area contributed by atoms with E-state index in [1.165, 1.54) is 0 Å². The molecule has 8 nitrogen and oxygen atoms in total. The van der Waals surface area contributed by atoms with Crippen LogP contribution >= 0.6 is 0 Å². The number of aryl methyl sites for hydroxylation is 2. The Balaban J connectivity index is 1.26. The maximum absolute atomic E-state index is 12.6. The fourth-order valence-electron chi connectivity index (χ4n) is 4.28. The van der Waals surface area contributed by atoms with Crippen molar-refractivity contribution in [2.24, 2.45) is 5.92 Å². The SMILES string of the molecule is CCn1c(C)nc2cc(C(=O)NNC(=O)C3CCN(C(=O)/C=C/c4ccccc4)CC3)ccc21. The normalized spacial score (nSPS) is 14.5. The lowest BCUT2D eigenvalue weighted by Crippen LogP contribution is -2.48. The van der Waals surface area contributed by atoms with Crippen LogP contribution in [0.5, 0.6) is 0 Å². The van der Waals surface area contributed by atoms with E-state index >= 15 is 0 Å². The van der Waals surface area contributed by atoms with Crippen molar-refractivity contribution in [2.75, 3.05) is 13.1 Å². The van der Waals surface area contributed by atoms with Crippen LogP contribution in [0, 0.1) is 12.8 Å². The summed E-state index contributed by atoms with van der Waals surface area (Å²) < 4.78 is 2.08. The molecule has 1 fully saturated rings. The highest BCUT2D eigenvalue weighted by molar-refractivity contribution is 5.98. The molecule has 0 atom stereocenters. The van der Waals surface area contributed by atoms with E-state index < -0.39 is 5.91 Å². The van der Waals surface area contributed by atoms with Crippen molar-refractivity contribution in [1.29, 1.82) is 0 Å². The molecule has 4 rings (SSSR count). The Bertz CT molecular complexity index is 1220. The largest absolute Gasteiger partial charge is 0.339 e. The van der Waals surface area contributed by atoms with Crippen LogP contribution in [0.25, 0.3) is 17.1 Å². The van der Waals surface area contributed by atoms with Crippen molar-refractivity contribution in [1.82, 2.24) is 25.3 Å². The molecular weight excluding hydrogens is 430 g/mol. The van der Waals surface area contributed by atoms with Gasteiger partial charge in [-0.1, -0.05) is 30.3 Å². The zero-order valence-electron chi connectivity index (χ0n) is 19.5. The standard InChI is InChI=1S/C26H29N5O3/c1-3-31-18(2)27-22-17-21(10-11-23(22)31)26(34)29-28-25(33)20-13-15-30(16-14-20)24(32)12-9-19-7-5-4-6-8-19/h4-12,17,20H,3,13-16H2,1-2H3,(H,28,33)(H,29,34)/b12-9+. The van der Waals surface area contributed by atoms with E-state index in [9.17, 15) is 14.4 Å². The minimum Gasteiger partial charge on any atom is -0.339 e. The van der Waals surface area contributed by atoms with Gasteiger partial charge in [0.15, 0.2) is 0 Å². The first-order chi connectivity index (χ1) is 16.5. The van der Waals surface area contributed by atoms with Gasteiger partial charge in [0.2, 0.25) is 11.8 Å². The van der Waals surface area contributed by atoms with Crippen LogP contribution in [0.1, 0.15) is 41.5 Å². The monoisotopic (exact) mass is 459 g/mol. The number of hydrazine groups is 1. The van der Waals surface area contributed by atoms with Crippen LogP contribution in [0.2, 0.25) is 0 Å². The Morgan fingerprint density at radius 2 is 1.79 bits per heavy atom. The molecule has 1 aromatic heterocycles. The maximum atomic E-state index is 12.6. The highest BCUT2D eigenvalue weighted by atomic mass is 16.2. The van der Waals surface area contributed by atoms with Crippen molar-refractivity contribution in [2.45, 2.75) is 33.2 Å². The second-order valence-corrected chi connectivity index (χ2v) is 8.39. The van der Waals surface area contributed by atoms with Crippen molar-refractivity contribution in [3.8, 4) is 0 Å². The zero-order valence-corrected chi connectivity index (χ0v) is 19.5.